The Hall–Kier alpha value is -0.120. The largest absolute Gasteiger partial charge is 0.368 e. The molecule has 0 aliphatic carbocycles. The van der Waals surface area contributed by atoms with E-state index in [0.29, 0.717) is 0 Å². The molecule has 3 heteroatoms. The van der Waals surface area contributed by atoms with Crippen LogP contribution >= 0.6 is 0 Å². The van der Waals surface area contributed by atoms with E-state index in [0.717, 1.165) is 26.1 Å². The molecule has 0 rings (SSSR count). The number of nitrogens with zero attached hydrogens (tertiary/aromatic N) is 1. The van der Waals surface area contributed by atoms with Gasteiger partial charge in [0.1, 0.15) is 0 Å². The first-order valence-corrected chi connectivity index (χ1v) is 5.01. The highest BCUT2D eigenvalue weighted by atomic mass is 16.5. The van der Waals surface area contributed by atoms with Gasteiger partial charge in [0.2, 0.25) is 0 Å². The molecule has 0 amide bonds. The minimum atomic E-state index is -1.19. The van der Waals surface area contributed by atoms with Crippen LogP contribution in [-0.2, 0) is 0 Å². The highest BCUT2D eigenvalue weighted by molar-refractivity contribution is 4.73. The summed E-state index contributed by atoms with van der Waals surface area (Å²) in [5.74, 6) is -0.0597. The van der Waals surface area contributed by atoms with E-state index < -0.39 is 6.29 Å². The lowest BCUT2D eigenvalue weighted by atomic mass is 10.1. The Morgan fingerprint density at radius 3 is 2.15 bits per heavy atom. The van der Waals surface area contributed by atoms with Crippen LogP contribution in [0.15, 0.2) is 0 Å². The molecule has 1 unspecified atom stereocenters. The Morgan fingerprint density at radius 1 is 1.23 bits per heavy atom. The van der Waals surface area contributed by atoms with Gasteiger partial charge in [0, 0.05) is 12.5 Å². The zero-order valence-electron chi connectivity index (χ0n) is 8.90. The fraction of sp³-hybridized carbons (Fsp3) is 0.900. The van der Waals surface area contributed by atoms with Gasteiger partial charge < -0.3 is 15.1 Å². The summed E-state index contributed by atoms with van der Waals surface area (Å²) >= 11 is 0. The van der Waals surface area contributed by atoms with E-state index in [2.05, 4.69) is 25.2 Å². The van der Waals surface area contributed by atoms with Crippen LogP contribution in [0.2, 0.25) is 0 Å². The van der Waals surface area contributed by atoms with Gasteiger partial charge in [-0.15, -0.1) is 0 Å². The van der Waals surface area contributed by atoms with Crippen molar-refractivity contribution < 1.29 is 10.2 Å². The Labute approximate surface area is 81.4 Å². The molecule has 3 nitrogen and oxygen atoms in total. The Balaban J connectivity index is 3.43. The molecular formula is C10H22NO2. The lowest BCUT2D eigenvalue weighted by Crippen LogP contribution is -2.25. The third-order valence-corrected chi connectivity index (χ3v) is 2.33. The van der Waals surface area contributed by atoms with E-state index in [9.17, 15) is 0 Å². The summed E-state index contributed by atoms with van der Waals surface area (Å²) < 4.78 is 0. The Bertz CT molecular complexity index is 111. The molecule has 13 heavy (non-hydrogen) atoms. The molecule has 0 heterocycles. The molecule has 0 spiro atoms. The van der Waals surface area contributed by atoms with E-state index in [4.69, 9.17) is 10.2 Å². The van der Waals surface area contributed by atoms with Crippen LogP contribution in [0.5, 0.6) is 0 Å². The molecule has 0 saturated heterocycles. The second-order valence-electron chi connectivity index (χ2n) is 3.40. The highest BCUT2D eigenvalue weighted by Gasteiger charge is 2.10. The molecule has 1 atom stereocenters. The van der Waals surface area contributed by atoms with E-state index in [-0.39, 0.29) is 5.92 Å². The van der Waals surface area contributed by atoms with Gasteiger partial charge >= 0.3 is 0 Å². The third-order valence-electron chi connectivity index (χ3n) is 2.33. The van der Waals surface area contributed by atoms with Crippen LogP contribution in [0.25, 0.3) is 0 Å². The normalized spacial score (nSPS) is 14.1. The van der Waals surface area contributed by atoms with Crippen molar-refractivity contribution in [2.75, 3.05) is 19.6 Å². The van der Waals surface area contributed by atoms with Gasteiger partial charge in [-0.2, -0.15) is 0 Å². The fourth-order valence-electron chi connectivity index (χ4n) is 1.12. The molecule has 0 bridgehead atoms. The van der Waals surface area contributed by atoms with Gasteiger partial charge in [-0.05, 0) is 25.9 Å². The first-order chi connectivity index (χ1) is 6.11. The van der Waals surface area contributed by atoms with Crippen molar-refractivity contribution in [2.24, 2.45) is 5.92 Å². The van der Waals surface area contributed by atoms with Crippen molar-refractivity contribution in [1.82, 2.24) is 4.90 Å². The number of rotatable bonds is 7. The summed E-state index contributed by atoms with van der Waals surface area (Å²) in [6, 6.07) is 0. The molecule has 0 aromatic rings. The molecule has 1 radical (unpaired) electrons. The van der Waals surface area contributed by atoms with E-state index in [1.807, 2.05) is 6.92 Å². The van der Waals surface area contributed by atoms with E-state index in [1.165, 1.54) is 0 Å². The Kier molecular flexibility index (Phi) is 7.23. The van der Waals surface area contributed by atoms with E-state index in [1.54, 1.807) is 0 Å². The summed E-state index contributed by atoms with van der Waals surface area (Å²) in [7, 11) is 0. The molecule has 0 saturated carbocycles. The highest BCUT2D eigenvalue weighted by Crippen LogP contribution is 2.08. The first-order valence-electron chi connectivity index (χ1n) is 5.01. The van der Waals surface area contributed by atoms with Crippen molar-refractivity contribution in [3.8, 4) is 0 Å². The van der Waals surface area contributed by atoms with Crippen molar-refractivity contribution in [3.63, 3.8) is 0 Å². The summed E-state index contributed by atoms with van der Waals surface area (Å²) in [6.07, 6.45) is 1.68. The van der Waals surface area contributed by atoms with Crippen molar-refractivity contribution >= 4 is 0 Å². The van der Waals surface area contributed by atoms with Gasteiger partial charge in [0.25, 0.3) is 0 Å². The van der Waals surface area contributed by atoms with Gasteiger partial charge in [-0.1, -0.05) is 20.8 Å². The van der Waals surface area contributed by atoms with Crippen LogP contribution in [-0.4, -0.2) is 41.0 Å². The molecule has 0 aliphatic rings. The number of aliphatic hydroxyl groups is 2. The molecular weight excluding hydrogens is 166 g/mol. The minimum Gasteiger partial charge on any atom is -0.368 e. The number of hydrogen-bond acceptors (Lipinski definition) is 3. The zero-order valence-corrected chi connectivity index (χ0v) is 8.90. The average molecular weight is 188 g/mol. The lowest BCUT2D eigenvalue weighted by molar-refractivity contribution is -0.0785. The minimum absolute atomic E-state index is 0.0597. The second kappa shape index (κ2) is 7.30. The summed E-state index contributed by atoms with van der Waals surface area (Å²) in [5, 5.41) is 17.6. The number of hydrogen-bond donors (Lipinski definition) is 2. The van der Waals surface area contributed by atoms with Gasteiger partial charge in [0.05, 0.1) is 0 Å². The van der Waals surface area contributed by atoms with Crippen LogP contribution < -0.4 is 0 Å². The smallest absolute Gasteiger partial charge is 0.154 e. The van der Waals surface area contributed by atoms with Gasteiger partial charge in [0.15, 0.2) is 6.29 Å². The van der Waals surface area contributed by atoms with Crippen molar-refractivity contribution in [1.29, 1.82) is 0 Å². The summed E-state index contributed by atoms with van der Waals surface area (Å²) in [4.78, 5) is 2.29. The fourth-order valence-corrected chi connectivity index (χ4v) is 1.12. The molecule has 0 aromatic carbocycles. The SMILES string of the molecule is CCN(CC)C[CH]CC(C)C(O)O. The molecule has 0 aromatic heterocycles. The van der Waals surface area contributed by atoms with Gasteiger partial charge in [-0.3, -0.25) is 0 Å². The molecule has 0 aliphatic heterocycles. The predicted molar refractivity (Wildman–Crippen MR) is 54.1 cm³/mol. The van der Waals surface area contributed by atoms with Crippen LogP contribution in [0.1, 0.15) is 27.2 Å². The maximum atomic E-state index is 8.82. The average Bonchev–Trinajstić information content (AvgIpc) is 2.12. The summed E-state index contributed by atoms with van der Waals surface area (Å²) in [5.41, 5.74) is 0. The lowest BCUT2D eigenvalue weighted by Gasteiger charge is -2.19. The van der Waals surface area contributed by atoms with Crippen molar-refractivity contribution in [2.45, 2.75) is 33.5 Å². The molecule has 79 valence electrons. The van der Waals surface area contributed by atoms with E-state index >= 15 is 0 Å². The second-order valence-corrected chi connectivity index (χ2v) is 3.40. The quantitative estimate of drug-likeness (QED) is 0.583. The van der Waals surface area contributed by atoms with Crippen molar-refractivity contribution in [3.05, 3.63) is 6.42 Å². The Morgan fingerprint density at radius 2 is 1.77 bits per heavy atom. The maximum Gasteiger partial charge on any atom is 0.154 e. The van der Waals surface area contributed by atoms with Crippen LogP contribution in [0.4, 0.5) is 0 Å². The van der Waals surface area contributed by atoms with Gasteiger partial charge in [-0.25, -0.2) is 0 Å². The van der Waals surface area contributed by atoms with Crippen LogP contribution in [0, 0.1) is 12.3 Å². The topological polar surface area (TPSA) is 43.7 Å². The molecule has 0 fully saturated rings. The molecule has 2 N–H and O–H groups in total. The monoisotopic (exact) mass is 188 g/mol. The predicted octanol–water partition coefficient (Wildman–Crippen LogP) is 0.869. The standard InChI is InChI=1S/C10H22NO2/c1-4-11(5-2)8-6-7-9(3)10(12)13/h6,9-10,12-13H,4-5,7-8H2,1-3H3. The number of aliphatic hydroxyl groups excluding tert-OH is 1. The first kappa shape index (κ1) is 12.9. The third kappa shape index (κ3) is 6.02. The summed E-state index contributed by atoms with van der Waals surface area (Å²) in [6.45, 7) is 9.11. The van der Waals surface area contributed by atoms with Crippen LogP contribution in [0.3, 0.4) is 0 Å². The maximum absolute atomic E-state index is 8.82. The zero-order chi connectivity index (χ0) is 10.3.